The van der Waals surface area contributed by atoms with E-state index in [1.54, 1.807) is 0 Å². The highest BCUT2D eigenvalue weighted by atomic mass is 35.5. The van der Waals surface area contributed by atoms with Crippen LogP contribution in [0.3, 0.4) is 0 Å². The third-order valence-corrected chi connectivity index (χ3v) is 2.55. The summed E-state index contributed by atoms with van der Waals surface area (Å²) in [6, 6.07) is -1.20. The molecule has 0 saturated carbocycles. The van der Waals surface area contributed by atoms with E-state index in [9.17, 15) is 9.59 Å². The van der Waals surface area contributed by atoms with E-state index in [-0.39, 0.29) is 10.3 Å². The molecule has 0 aromatic carbocycles. The third kappa shape index (κ3) is 3.72. The summed E-state index contributed by atoms with van der Waals surface area (Å²) in [7, 11) is 0. The Hall–Kier alpha value is -1.34. The number of thiazole rings is 1. The second-order valence-corrected chi connectivity index (χ2v) is 3.85. The largest absolute Gasteiger partial charge is 0.481 e. The second-order valence-electron chi connectivity index (χ2n) is 2.61. The summed E-state index contributed by atoms with van der Waals surface area (Å²) in [5, 5.41) is 21.7. The maximum Gasteiger partial charge on any atom is 0.326 e. The van der Waals surface area contributed by atoms with E-state index in [1.807, 2.05) is 0 Å². The van der Waals surface area contributed by atoms with Gasteiger partial charge in [0.2, 0.25) is 0 Å². The highest BCUT2D eigenvalue weighted by Crippen LogP contribution is 2.20. The van der Waals surface area contributed by atoms with Crippen molar-refractivity contribution < 1.29 is 19.8 Å². The molecule has 0 aliphatic rings. The zero-order valence-electron chi connectivity index (χ0n) is 7.31. The van der Waals surface area contributed by atoms with Crippen LogP contribution >= 0.6 is 22.9 Å². The molecule has 1 unspecified atom stereocenters. The molecule has 1 rings (SSSR count). The summed E-state index contributed by atoms with van der Waals surface area (Å²) in [4.78, 5) is 24.8. The first-order valence-corrected chi connectivity index (χ1v) is 5.07. The average molecular weight is 251 g/mol. The maximum absolute atomic E-state index is 10.7. The van der Waals surface area contributed by atoms with Gasteiger partial charge < -0.3 is 15.5 Å². The molecule has 1 aromatic rings. The number of carboxylic acids is 2. The Balaban J connectivity index is 2.66. The topological polar surface area (TPSA) is 99.5 Å². The lowest BCUT2D eigenvalue weighted by Crippen LogP contribution is -2.31. The SMILES string of the molecule is O=C(O)CC(Nc1nc(Cl)cs1)C(=O)O. The quantitative estimate of drug-likeness (QED) is 0.725. The Morgan fingerprint density at radius 1 is 1.60 bits per heavy atom. The molecule has 0 aliphatic heterocycles. The number of carbonyl (C=O) groups is 2. The lowest BCUT2D eigenvalue weighted by molar-refractivity contribution is -0.144. The van der Waals surface area contributed by atoms with Crippen LogP contribution in [0.4, 0.5) is 5.13 Å². The molecular weight excluding hydrogens is 244 g/mol. The molecule has 15 heavy (non-hydrogen) atoms. The van der Waals surface area contributed by atoms with Gasteiger partial charge in [0, 0.05) is 5.38 Å². The predicted octanol–water partition coefficient (Wildman–Crippen LogP) is 1.14. The van der Waals surface area contributed by atoms with Crippen molar-refractivity contribution in [1.82, 2.24) is 4.98 Å². The predicted molar refractivity (Wildman–Crippen MR) is 54.4 cm³/mol. The molecule has 0 spiro atoms. The molecule has 0 fully saturated rings. The van der Waals surface area contributed by atoms with E-state index in [2.05, 4.69) is 10.3 Å². The van der Waals surface area contributed by atoms with E-state index < -0.39 is 24.4 Å². The van der Waals surface area contributed by atoms with Gasteiger partial charge in [0.25, 0.3) is 0 Å². The molecule has 8 heteroatoms. The van der Waals surface area contributed by atoms with Crippen LogP contribution < -0.4 is 5.32 Å². The van der Waals surface area contributed by atoms with Crippen LogP contribution in [0.2, 0.25) is 5.15 Å². The number of rotatable bonds is 5. The van der Waals surface area contributed by atoms with Crippen LogP contribution in [-0.2, 0) is 9.59 Å². The summed E-state index contributed by atoms with van der Waals surface area (Å²) in [6.07, 6.45) is -0.521. The Labute approximate surface area is 93.5 Å². The number of nitrogens with zero attached hydrogens (tertiary/aromatic N) is 1. The number of aliphatic carboxylic acids is 2. The average Bonchev–Trinajstić information content (AvgIpc) is 2.49. The zero-order chi connectivity index (χ0) is 11.4. The van der Waals surface area contributed by atoms with Gasteiger partial charge in [-0.3, -0.25) is 4.79 Å². The van der Waals surface area contributed by atoms with Crippen molar-refractivity contribution in [2.45, 2.75) is 12.5 Å². The Bertz CT molecular complexity index is 381. The maximum atomic E-state index is 10.7. The summed E-state index contributed by atoms with van der Waals surface area (Å²) in [6.45, 7) is 0. The molecule has 0 aliphatic carbocycles. The highest BCUT2D eigenvalue weighted by Gasteiger charge is 2.21. The third-order valence-electron chi connectivity index (χ3n) is 1.45. The molecule has 0 saturated heterocycles. The fourth-order valence-electron chi connectivity index (χ4n) is 0.844. The smallest absolute Gasteiger partial charge is 0.326 e. The van der Waals surface area contributed by atoms with Crippen LogP contribution in [0, 0.1) is 0 Å². The van der Waals surface area contributed by atoms with E-state index in [0.717, 1.165) is 11.3 Å². The number of nitrogens with one attached hydrogen (secondary N) is 1. The number of carboxylic acid groups (broad SMARTS) is 2. The molecule has 3 N–H and O–H groups in total. The molecular formula is C7H7ClN2O4S. The Morgan fingerprint density at radius 3 is 2.67 bits per heavy atom. The monoisotopic (exact) mass is 250 g/mol. The van der Waals surface area contributed by atoms with E-state index in [1.165, 1.54) is 5.38 Å². The molecule has 0 radical (unpaired) electrons. The zero-order valence-corrected chi connectivity index (χ0v) is 8.88. The number of anilines is 1. The van der Waals surface area contributed by atoms with Gasteiger partial charge in [-0.05, 0) is 0 Å². The first-order chi connectivity index (χ1) is 6.99. The summed E-state index contributed by atoms with van der Waals surface area (Å²) < 4.78 is 0. The number of hydrogen-bond donors (Lipinski definition) is 3. The first kappa shape index (κ1) is 11.7. The first-order valence-electron chi connectivity index (χ1n) is 3.81. The highest BCUT2D eigenvalue weighted by molar-refractivity contribution is 7.14. The summed E-state index contributed by atoms with van der Waals surface area (Å²) in [5.74, 6) is -2.44. The minimum absolute atomic E-state index is 0.238. The molecule has 82 valence electrons. The van der Waals surface area contributed by atoms with Crippen LogP contribution in [0.15, 0.2) is 5.38 Å². The van der Waals surface area contributed by atoms with Crippen molar-refractivity contribution >= 4 is 40.0 Å². The second kappa shape index (κ2) is 4.94. The normalized spacial score (nSPS) is 12.1. The number of halogens is 1. The molecule has 1 heterocycles. The fourth-order valence-corrected chi connectivity index (χ4v) is 1.74. The van der Waals surface area contributed by atoms with Crippen LogP contribution in [0.5, 0.6) is 0 Å². The molecule has 0 amide bonds. The molecule has 0 bridgehead atoms. The number of aromatic nitrogens is 1. The molecule has 1 aromatic heterocycles. The van der Waals surface area contributed by atoms with E-state index in [0.29, 0.717) is 0 Å². The molecule has 6 nitrogen and oxygen atoms in total. The summed E-state index contributed by atoms with van der Waals surface area (Å²) in [5.41, 5.74) is 0. The molecule has 1 atom stereocenters. The van der Waals surface area contributed by atoms with Gasteiger partial charge in [0.15, 0.2) is 5.13 Å². The standard InChI is InChI=1S/C7H7ClN2O4S/c8-4-2-15-7(10-4)9-3(6(13)14)1-5(11)12/h2-3H,1H2,(H,9,10)(H,11,12)(H,13,14). The minimum atomic E-state index is -1.25. The van der Waals surface area contributed by atoms with Crippen molar-refractivity contribution in [3.05, 3.63) is 10.5 Å². The van der Waals surface area contributed by atoms with Gasteiger partial charge in [0.1, 0.15) is 11.2 Å². The number of hydrogen-bond acceptors (Lipinski definition) is 5. The minimum Gasteiger partial charge on any atom is -0.481 e. The van der Waals surface area contributed by atoms with Gasteiger partial charge in [-0.2, -0.15) is 0 Å². The van der Waals surface area contributed by atoms with Crippen molar-refractivity contribution in [2.75, 3.05) is 5.32 Å². The van der Waals surface area contributed by atoms with Crippen molar-refractivity contribution in [3.63, 3.8) is 0 Å². The Morgan fingerprint density at radius 2 is 2.27 bits per heavy atom. The van der Waals surface area contributed by atoms with Crippen molar-refractivity contribution in [1.29, 1.82) is 0 Å². The van der Waals surface area contributed by atoms with Crippen molar-refractivity contribution in [2.24, 2.45) is 0 Å². The van der Waals surface area contributed by atoms with Gasteiger partial charge in [-0.1, -0.05) is 11.6 Å². The fraction of sp³-hybridized carbons (Fsp3) is 0.286. The van der Waals surface area contributed by atoms with Gasteiger partial charge >= 0.3 is 11.9 Å². The van der Waals surface area contributed by atoms with Crippen molar-refractivity contribution in [3.8, 4) is 0 Å². The lowest BCUT2D eigenvalue weighted by Gasteiger charge is -2.10. The Kier molecular flexibility index (Phi) is 3.87. The van der Waals surface area contributed by atoms with Crippen LogP contribution in [-0.4, -0.2) is 33.2 Å². The van der Waals surface area contributed by atoms with E-state index in [4.69, 9.17) is 21.8 Å². The lowest BCUT2D eigenvalue weighted by atomic mass is 10.2. The van der Waals surface area contributed by atoms with Gasteiger partial charge in [0.05, 0.1) is 6.42 Å². The van der Waals surface area contributed by atoms with Crippen LogP contribution in [0.1, 0.15) is 6.42 Å². The van der Waals surface area contributed by atoms with E-state index >= 15 is 0 Å². The van der Waals surface area contributed by atoms with Gasteiger partial charge in [-0.15, -0.1) is 11.3 Å². The summed E-state index contributed by atoms with van der Waals surface area (Å²) >= 11 is 6.64. The van der Waals surface area contributed by atoms with Gasteiger partial charge in [-0.25, -0.2) is 9.78 Å². The van der Waals surface area contributed by atoms with Crippen LogP contribution in [0.25, 0.3) is 0 Å².